The van der Waals surface area contributed by atoms with Crippen molar-refractivity contribution in [2.75, 3.05) is 0 Å². The van der Waals surface area contributed by atoms with Gasteiger partial charge in [-0.1, -0.05) is 42.5 Å². The highest BCUT2D eigenvalue weighted by atomic mass is 16.6. The van der Waals surface area contributed by atoms with E-state index in [1.54, 1.807) is 20.8 Å². The first-order valence-electron chi connectivity index (χ1n) is 7.86. The Balaban J connectivity index is 2.18. The molecule has 2 aromatic rings. The van der Waals surface area contributed by atoms with Crippen LogP contribution in [0, 0.1) is 5.92 Å². The topological polar surface area (TPSA) is 89.6 Å². The number of benzene rings is 2. The van der Waals surface area contributed by atoms with E-state index in [0.29, 0.717) is 0 Å². The molecule has 0 amide bonds. The van der Waals surface area contributed by atoms with Gasteiger partial charge in [-0.25, -0.2) is 0 Å². The Labute approximate surface area is 141 Å². The Bertz CT molecular complexity index is 748. The van der Waals surface area contributed by atoms with Gasteiger partial charge >= 0.3 is 11.9 Å². The van der Waals surface area contributed by atoms with Crippen LogP contribution in [0.15, 0.2) is 42.5 Å². The van der Waals surface area contributed by atoms with Crippen LogP contribution in [0.2, 0.25) is 0 Å². The SMILES string of the molecule is CC(C)(C)OC(=O)[C@H](C(=O)O)[C@@H](N)Cc1ccc2ccccc2c1. The molecule has 0 radical (unpaired) electrons. The first-order chi connectivity index (χ1) is 11.2. The van der Waals surface area contributed by atoms with Gasteiger partial charge in [-0.15, -0.1) is 0 Å². The zero-order valence-corrected chi connectivity index (χ0v) is 14.2. The molecule has 0 saturated heterocycles. The predicted octanol–water partition coefficient (Wildman–Crippen LogP) is 2.75. The molecule has 24 heavy (non-hydrogen) atoms. The Hall–Kier alpha value is -2.40. The minimum atomic E-state index is -1.39. The fraction of sp³-hybridized carbons (Fsp3) is 0.368. The average molecular weight is 329 g/mol. The van der Waals surface area contributed by atoms with Gasteiger partial charge in [0.15, 0.2) is 5.92 Å². The van der Waals surface area contributed by atoms with Crippen molar-refractivity contribution in [3.05, 3.63) is 48.0 Å². The van der Waals surface area contributed by atoms with Crippen molar-refractivity contribution in [3.63, 3.8) is 0 Å². The van der Waals surface area contributed by atoms with E-state index in [9.17, 15) is 14.7 Å². The Morgan fingerprint density at radius 3 is 2.33 bits per heavy atom. The predicted molar refractivity (Wildman–Crippen MR) is 92.6 cm³/mol. The van der Waals surface area contributed by atoms with Gasteiger partial charge in [-0.05, 0) is 43.5 Å². The van der Waals surface area contributed by atoms with Gasteiger partial charge in [-0.3, -0.25) is 9.59 Å². The first-order valence-corrected chi connectivity index (χ1v) is 7.86. The van der Waals surface area contributed by atoms with E-state index in [1.165, 1.54) is 0 Å². The highest BCUT2D eigenvalue weighted by molar-refractivity contribution is 5.95. The third-order valence-electron chi connectivity index (χ3n) is 3.64. The lowest BCUT2D eigenvalue weighted by atomic mass is 9.93. The van der Waals surface area contributed by atoms with Gasteiger partial charge < -0.3 is 15.6 Å². The van der Waals surface area contributed by atoms with Crippen molar-refractivity contribution >= 4 is 22.7 Å². The maximum Gasteiger partial charge on any atom is 0.322 e. The molecule has 0 aliphatic rings. The lowest BCUT2D eigenvalue weighted by Crippen LogP contribution is -2.45. The molecule has 0 fully saturated rings. The Kier molecular flexibility index (Phi) is 5.24. The van der Waals surface area contributed by atoms with Crippen LogP contribution in [-0.2, 0) is 20.7 Å². The van der Waals surface area contributed by atoms with Crippen molar-refractivity contribution < 1.29 is 19.4 Å². The van der Waals surface area contributed by atoms with Crippen LogP contribution in [0.3, 0.4) is 0 Å². The highest BCUT2D eigenvalue weighted by Gasteiger charge is 2.36. The van der Waals surface area contributed by atoms with Gasteiger partial charge in [0.1, 0.15) is 5.60 Å². The molecule has 0 spiro atoms. The molecule has 0 aliphatic heterocycles. The van der Waals surface area contributed by atoms with Crippen molar-refractivity contribution in [2.24, 2.45) is 11.7 Å². The zero-order chi connectivity index (χ0) is 17.9. The van der Waals surface area contributed by atoms with Crippen molar-refractivity contribution in [2.45, 2.75) is 38.8 Å². The minimum absolute atomic E-state index is 0.279. The number of esters is 1. The number of ether oxygens (including phenoxy) is 1. The maximum atomic E-state index is 12.2. The minimum Gasteiger partial charge on any atom is -0.481 e. The first kappa shape index (κ1) is 17.9. The molecular formula is C19H23NO4. The van der Waals surface area contributed by atoms with E-state index in [0.717, 1.165) is 16.3 Å². The van der Waals surface area contributed by atoms with Crippen molar-refractivity contribution in [1.82, 2.24) is 0 Å². The molecule has 0 unspecified atom stereocenters. The fourth-order valence-corrected chi connectivity index (χ4v) is 2.58. The number of rotatable bonds is 5. The number of carboxylic acids is 1. The van der Waals surface area contributed by atoms with Crippen LogP contribution in [0.25, 0.3) is 10.8 Å². The van der Waals surface area contributed by atoms with E-state index in [2.05, 4.69) is 0 Å². The van der Waals surface area contributed by atoms with Gasteiger partial charge in [-0.2, -0.15) is 0 Å². The largest absolute Gasteiger partial charge is 0.481 e. The summed E-state index contributed by atoms with van der Waals surface area (Å²) in [7, 11) is 0. The summed E-state index contributed by atoms with van der Waals surface area (Å²) in [4.78, 5) is 23.7. The van der Waals surface area contributed by atoms with Gasteiger partial charge in [0.05, 0.1) is 0 Å². The zero-order valence-electron chi connectivity index (χ0n) is 14.2. The Morgan fingerprint density at radius 1 is 1.12 bits per heavy atom. The van der Waals surface area contributed by atoms with E-state index < -0.39 is 29.5 Å². The quantitative estimate of drug-likeness (QED) is 0.650. The lowest BCUT2D eigenvalue weighted by molar-refractivity contribution is -0.167. The summed E-state index contributed by atoms with van der Waals surface area (Å²) in [6, 6.07) is 12.8. The van der Waals surface area contributed by atoms with E-state index >= 15 is 0 Å². The number of hydrogen-bond donors (Lipinski definition) is 2. The van der Waals surface area contributed by atoms with Crippen molar-refractivity contribution in [1.29, 1.82) is 0 Å². The van der Waals surface area contributed by atoms with Crippen LogP contribution in [-0.4, -0.2) is 28.7 Å². The van der Waals surface area contributed by atoms with Gasteiger partial charge in [0, 0.05) is 6.04 Å². The maximum absolute atomic E-state index is 12.2. The molecule has 0 aliphatic carbocycles. The molecule has 128 valence electrons. The number of carboxylic acid groups (broad SMARTS) is 1. The number of fused-ring (bicyclic) bond motifs is 1. The molecule has 2 rings (SSSR count). The summed E-state index contributed by atoms with van der Waals surface area (Å²) in [5.74, 6) is -3.46. The summed E-state index contributed by atoms with van der Waals surface area (Å²) in [5, 5.41) is 11.5. The number of hydrogen-bond acceptors (Lipinski definition) is 4. The van der Waals surface area contributed by atoms with Gasteiger partial charge in [0.2, 0.25) is 0 Å². The third kappa shape index (κ3) is 4.55. The van der Waals surface area contributed by atoms with Crippen LogP contribution >= 0.6 is 0 Å². The molecule has 5 nitrogen and oxygen atoms in total. The molecule has 5 heteroatoms. The van der Waals surface area contributed by atoms with E-state index in [1.807, 2.05) is 42.5 Å². The summed E-state index contributed by atoms with van der Waals surface area (Å²) < 4.78 is 5.19. The van der Waals surface area contributed by atoms with E-state index in [-0.39, 0.29) is 6.42 Å². The number of nitrogens with two attached hydrogens (primary N) is 1. The Morgan fingerprint density at radius 2 is 1.75 bits per heavy atom. The standard InChI is InChI=1S/C19H23NO4/c1-19(2,3)24-18(23)16(17(21)22)15(20)11-12-8-9-13-6-4-5-7-14(13)10-12/h4-10,15-16H,11,20H2,1-3H3,(H,21,22)/t15-,16-/m0/s1. The van der Waals surface area contributed by atoms with Crippen LogP contribution in [0.4, 0.5) is 0 Å². The molecule has 0 aromatic heterocycles. The van der Waals surface area contributed by atoms with Gasteiger partial charge in [0.25, 0.3) is 0 Å². The number of aliphatic carboxylic acids is 1. The third-order valence-corrected chi connectivity index (χ3v) is 3.64. The molecule has 2 aromatic carbocycles. The van der Waals surface area contributed by atoms with Crippen LogP contribution in [0.1, 0.15) is 26.3 Å². The second-order valence-corrected chi connectivity index (χ2v) is 6.90. The summed E-state index contributed by atoms with van der Waals surface area (Å²) in [6.45, 7) is 5.08. The summed E-state index contributed by atoms with van der Waals surface area (Å²) in [5.41, 5.74) is 6.16. The smallest absolute Gasteiger partial charge is 0.322 e. The van der Waals surface area contributed by atoms with E-state index in [4.69, 9.17) is 10.5 Å². The second kappa shape index (κ2) is 7.01. The molecule has 3 N–H and O–H groups in total. The number of carbonyl (C=O) groups is 2. The monoisotopic (exact) mass is 329 g/mol. The fourth-order valence-electron chi connectivity index (χ4n) is 2.58. The normalized spacial score (nSPS) is 14.2. The van der Waals surface area contributed by atoms with Crippen molar-refractivity contribution in [3.8, 4) is 0 Å². The highest BCUT2D eigenvalue weighted by Crippen LogP contribution is 2.20. The molecular weight excluding hydrogens is 306 g/mol. The lowest BCUT2D eigenvalue weighted by Gasteiger charge is -2.25. The average Bonchev–Trinajstić information content (AvgIpc) is 2.44. The molecule has 0 saturated carbocycles. The summed E-state index contributed by atoms with van der Waals surface area (Å²) >= 11 is 0. The number of carbonyl (C=O) groups excluding carboxylic acids is 1. The summed E-state index contributed by atoms with van der Waals surface area (Å²) in [6.07, 6.45) is 0.279. The van der Waals surface area contributed by atoms with Crippen LogP contribution in [0.5, 0.6) is 0 Å². The molecule has 2 atom stereocenters. The van der Waals surface area contributed by atoms with Crippen LogP contribution < -0.4 is 5.73 Å². The molecule has 0 heterocycles. The molecule has 0 bridgehead atoms. The second-order valence-electron chi connectivity index (χ2n) is 6.90.